The van der Waals surface area contributed by atoms with Crippen LogP contribution in [0.5, 0.6) is 0 Å². The van der Waals surface area contributed by atoms with E-state index in [1.165, 1.54) is 11.9 Å². The highest BCUT2D eigenvalue weighted by Gasteiger charge is 2.22. The third-order valence-electron chi connectivity index (χ3n) is 4.79. The normalized spacial score (nSPS) is 10.5. The van der Waals surface area contributed by atoms with Gasteiger partial charge in [-0.25, -0.2) is 0 Å². The molecule has 0 unspecified atom stereocenters. The molecule has 7 heteroatoms. The molecule has 0 aliphatic rings. The molecule has 1 N–H and O–H groups in total. The summed E-state index contributed by atoms with van der Waals surface area (Å²) in [5.74, 6) is -0.235. The van der Waals surface area contributed by atoms with Crippen molar-refractivity contribution in [1.29, 1.82) is 0 Å². The Balaban J connectivity index is 1.78. The SMILES string of the molecule is Cc1cc(NC(=O)CN(C)C(=O)c2ccccc2C(=O)c2ccc(C)c(C)c2)no1. The number of carbonyl (C=O) groups excluding carboxylic acids is 3. The largest absolute Gasteiger partial charge is 0.360 e. The second-order valence-electron chi connectivity index (χ2n) is 7.21. The summed E-state index contributed by atoms with van der Waals surface area (Å²) in [5, 5.41) is 6.27. The molecule has 3 aromatic rings. The average molecular weight is 405 g/mol. The van der Waals surface area contributed by atoms with Crippen molar-refractivity contribution in [2.24, 2.45) is 0 Å². The first-order valence-electron chi connectivity index (χ1n) is 9.46. The molecule has 0 fully saturated rings. The van der Waals surface area contributed by atoms with Crippen molar-refractivity contribution in [1.82, 2.24) is 10.1 Å². The lowest BCUT2D eigenvalue weighted by atomic mass is 9.95. The number of aryl methyl sites for hydroxylation is 3. The molecule has 1 heterocycles. The van der Waals surface area contributed by atoms with Gasteiger partial charge in [-0.15, -0.1) is 0 Å². The molecule has 0 aliphatic heterocycles. The van der Waals surface area contributed by atoms with Crippen molar-refractivity contribution in [2.45, 2.75) is 20.8 Å². The van der Waals surface area contributed by atoms with Crippen molar-refractivity contribution in [3.8, 4) is 0 Å². The van der Waals surface area contributed by atoms with Gasteiger partial charge in [0.25, 0.3) is 5.91 Å². The summed E-state index contributed by atoms with van der Waals surface area (Å²) in [6, 6.07) is 13.6. The van der Waals surface area contributed by atoms with Crippen LogP contribution in [0.1, 0.15) is 43.2 Å². The summed E-state index contributed by atoms with van der Waals surface area (Å²) < 4.78 is 4.90. The Labute approximate surface area is 174 Å². The minimum absolute atomic E-state index is 0.198. The number of rotatable bonds is 6. The molecule has 0 saturated heterocycles. The van der Waals surface area contributed by atoms with Gasteiger partial charge in [-0.2, -0.15) is 0 Å². The minimum atomic E-state index is -0.422. The summed E-state index contributed by atoms with van der Waals surface area (Å²) in [5.41, 5.74) is 3.14. The molecule has 154 valence electrons. The van der Waals surface area contributed by atoms with Crippen LogP contribution in [0.4, 0.5) is 5.82 Å². The number of benzene rings is 2. The van der Waals surface area contributed by atoms with E-state index in [-0.39, 0.29) is 23.7 Å². The molecule has 0 saturated carbocycles. The second-order valence-corrected chi connectivity index (χ2v) is 7.21. The van der Waals surface area contributed by atoms with Gasteiger partial charge in [0.15, 0.2) is 11.6 Å². The summed E-state index contributed by atoms with van der Waals surface area (Å²) in [7, 11) is 1.51. The summed E-state index contributed by atoms with van der Waals surface area (Å²) >= 11 is 0. The van der Waals surface area contributed by atoms with E-state index in [1.54, 1.807) is 43.3 Å². The van der Waals surface area contributed by atoms with Crippen LogP contribution in [-0.2, 0) is 4.79 Å². The number of carbonyl (C=O) groups is 3. The van der Waals surface area contributed by atoms with Crippen LogP contribution in [0.3, 0.4) is 0 Å². The molecular weight excluding hydrogens is 382 g/mol. The number of nitrogens with one attached hydrogen (secondary N) is 1. The molecular formula is C23H23N3O4. The predicted molar refractivity (Wildman–Crippen MR) is 113 cm³/mol. The molecule has 1 aromatic heterocycles. The fourth-order valence-corrected chi connectivity index (χ4v) is 3.01. The average Bonchev–Trinajstić information content (AvgIpc) is 3.13. The van der Waals surface area contributed by atoms with Gasteiger partial charge in [0.1, 0.15) is 5.76 Å². The van der Waals surface area contributed by atoms with E-state index < -0.39 is 11.8 Å². The highest BCUT2D eigenvalue weighted by Crippen LogP contribution is 2.19. The van der Waals surface area contributed by atoms with Crippen LogP contribution in [0, 0.1) is 20.8 Å². The standard InChI is InChI=1S/C23H23N3O4/c1-14-9-10-17(11-15(14)2)22(28)18-7-5-6-8-19(18)23(29)26(4)13-21(27)24-20-12-16(3)30-25-20/h5-12H,13H2,1-4H3,(H,24,25,27). The zero-order chi connectivity index (χ0) is 21.8. The molecule has 2 aromatic carbocycles. The molecule has 30 heavy (non-hydrogen) atoms. The van der Waals surface area contributed by atoms with E-state index in [0.717, 1.165) is 11.1 Å². The van der Waals surface area contributed by atoms with Crippen molar-refractivity contribution in [2.75, 3.05) is 18.9 Å². The van der Waals surface area contributed by atoms with E-state index in [9.17, 15) is 14.4 Å². The van der Waals surface area contributed by atoms with E-state index in [2.05, 4.69) is 10.5 Å². The lowest BCUT2D eigenvalue weighted by molar-refractivity contribution is -0.116. The highest BCUT2D eigenvalue weighted by atomic mass is 16.5. The van der Waals surface area contributed by atoms with Gasteiger partial charge < -0.3 is 14.7 Å². The fourth-order valence-electron chi connectivity index (χ4n) is 3.01. The first kappa shape index (κ1) is 21.0. The Morgan fingerprint density at radius 3 is 2.30 bits per heavy atom. The molecule has 3 rings (SSSR count). The first-order valence-corrected chi connectivity index (χ1v) is 9.46. The maximum Gasteiger partial charge on any atom is 0.254 e. The monoisotopic (exact) mass is 405 g/mol. The van der Waals surface area contributed by atoms with E-state index in [0.29, 0.717) is 16.9 Å². The van der Waals surface area contributed by atoms with Gasteiger partial charge in [0.05, 0.1) is 12.1 Å². The lowest BCUT2D eigenvalue weighted by Gasteiger charge is -2.18. The third kappa shape index (κ3) is 4.63. The number of amides is 2. The van der Waals surface area contributed by atoms with Crippen molar-refractivity contribution < 1.29 is 18.9 Å². The Kier molecular flexibility index (Phi) is 6.11. The Bertz CT molecular complexity index is 1120. The molecule has 7 nitrogen and oxygen atoms in total. The smallest absolute Gasteiger partial charge is 0.254 e. The number of nitrogens with zero attached hydrogens (tertiary/aromatic N) is 2. The number of anilines is 1. The Hall–Kier alpha value is -3.74. The first-order chi connectivity index (χ1) is 14.3. The highest BCUT2D eigenvalue weighted by molar-refractivity contribution is 6.15. The van der Waals surface area contributed by atoms with Crippen molar-refractivity contribution in [3.63, 3.8) is 0 Å². The van der Waals surface area contributed by atoms with E-state index in [1.807, 2.05) is 26.0 Å². The van der Waals surface area contributed by atoms with Gasteiger partial charge in [-0.1, -0.05) is 35.5 Å². The van der Waals surface area contributed by atoms with Crippen LogP contribution in [0.15, 0.2) is 53.1 Å². The van der Waals surface area contributed by atoms with Crippen molar-refractivity contribution in [3.05, 3.63) is 82.1 Å². The fraction of sp³-hybridized carbons (Fsp3) is 0.217. The summed E-state index contributed by atoms with van der Waals surface area (Å²) in [4.78, 5) is 39.5. The zero-order valence-electron chi connectivity index (χ0n) is 17.4. The van der Waals surface area contributed by atoms with Crippen LogP contribution in [-0.4, -0.2) is 41.2 Å². The van der Waals surface area contributed by atoms with Gasteiger partial charge in [-0.3, -0.25) is 14.4 Å². The number of ketones is 1. The minimum Gasteiger partial charge on any atom is -0.360 e. The molecule has 0 atom stereocenters. The maximum atomic E-state index is 13.1. The van der Waals surface area contributed by atoms with Crippen LogP contribution < -0.4 is 5.32 Å². The quantitative estimate of drug-likeness (QED) is 0.633. The second kappa shape index (κ2) is 8.73. The molecule has 0 spiro atoms. The van der Waals surface area contributed by atoms with Gasteiger partial charge in [-0.05, 0) is 44.0 Å². The van der Waals surface area contributed by atoms with Gasteiger partial charge in [0, 0.05) is 24.2 Å². The number of likely N-dealkylation sites (N-methyl/N-ethyl adjacent to an activating group) is 1. The lowest BCUT2D eigenvalue weighted by Crippen LogP contribution is -2.35. The van der Waals surface area contributed by atoms with Gasteiger partial charge in [0.2, 0.25) is 5.91 Å². The predicted octanol–water partition coefficient (Wildman–Crippen LogP) is 3.54. The van der Waals surface area contributed by atoms with Crippen LogP contribution >= 0.6 is 0 Å². The summed E-state index contributed by atoms with van der Waals surface area (Å²) in [6.45, 7) is 5.42. The van der Waals surface area contributed by atoms with E-state index >= 15 is 0 Å². The van der Waals surface area contributed by atoms with Crippen LogP contribution in [0.25, 0.3) is 0 Å². The molecule has 0 bridgehead atoms. The van der Waals surface area contributed by atoms with E-state index in [4.69, 9.17) is 4.52 Å². The number of hydrogen-bond acceptors (Lipinski definition) is 5. The number of aromatic nitrogens is 1. The van der Waals surface area contributed by atoms with Crippen molar-refractivity contribution >= 4 is 23.4 Å². The molecule has 2 amide bonds. The Morgan fingerprint density at radius 2 is 1.67 bits per heavy atom. The van der Waals surface area contributed by atoms with Crippen LogP contribution in [0.2, 0.25) is 0 Å². The Morgan fingerprint density at radius 1 is 0.967 bits per heavy atom. The maximum absolute atomic E-state index is 13.1. The topological polar surface area (TPSA) is 92.5 Å². The molecule has 0 radical (unpaired) electrons. The van der Waals surface area contributed by atoms with Gasteiger partial charge >= 0.3 is 0 Å². The zero-order valence-corrected chi connectivity index (χ0v) is 17.4. The molecule has 0 aliphatic carbocycles. The third-order valence-corrected chi connectivity index (χ3v) is 4.79. The summed E-state index contributed by atoms with van der Waals surface area (Å²) in [6.07, 6.45) is 0. The number of hydrogen-bond donors (Lipinski definition) is 1.